The monoisotopic (exact) mass is 278 g/mol. The predicted octanol–water partition coefficient (Wildman–Crippen LogP) is 0.195. The molecule has 0 saturated carbocycles. The van der Waals surface area contributed by atoms with Crippen molar-refractivity contribution >= 4 is 28.5 Å². The minimum atomic E-state index is -0.250. The van der Waals surface area contributed by atoms with Crippen LogP contribution in [0.2, 0.25) is 0 Å². The number of fused-ring (bicyclic) bond motifs is 1. The van der Waals surface area contributed by atoms with Crippen molar-refractivity contribution in [1.82, 2.24) is 5.32 Å². The van der Waals surface area contributed by atoms with Crippen LogP contribution in [-0.4, -0.2) is 22.4 Å². The van der Waals surface area contributed by atoms with E-state index in [2.05, 4.69) is 27.9 Å². The van der Waals surface area contributed by atoms with Crippen LogP contribution in [0.25, 0.3) is 0 Å². The molecule has 1 saturated heterocycles. The molecule has 0 aromatic heterocycles. The van der Waals surface area contributed by atoms with Crippen molar-refractivity contribution in [3.05, 3.63) is 11.6 Å². The second-order valence-corrected chi connectivity index (χ2v) is 5.65. The maximum atomic E-state index is 10.9. The highest BCUT2D eigenvalue weighted by atomic mass is 127. The molecule has 0 bridgehead atoms. The number of carbonyl (C=O) groups excluding carboxylic acids is 1. The zero-order valence-electron chi connectivity index (χ0n) is 6.64. The van der Waals surface area contributed by atoms with Crippen LogP contribution in [0.3, 0.4) is 0 Å². The van der Waals surface area contributed by atoms with Gasteiger partial charge in [-0.15, -0.1) is 0 Å². The summed E-state index contributed by atoms with van der Waals surface area (Å²) >= 11 is 2.44. The van der Waals surface area contributed by atoms with E-state index in [1.165, 1.54) is 0 Å². The van der Waals surface area contributed by atoms with Crippen molar-refractivity contribution in [3.63, 3.8) is 0 Å². The van der Waals surface area contributed by atoms with Gasteiger partial charge in [0.15, 0.2) is 0 Å². The molecule has 3 N–H and O–H groups in total. The van der Waals surface area contributed by atoms with E-state index in [0.717, 1.165) is 25.1 Å². The summed E-state index contributed by atoms with van der Waals surface area (Å²) in [7, 11) is 0. The van der Waals surface area contributed by atoms with Crippen molar-refractivity contribution in [2.24, 2.45) is 11.7 Å². The van der Waals surface area contributed by atoms with E-state index in [1.807, 2.05) is 6.08 Å². The Hall–Kier alpha value is -0.100. The van der Waals surface area contributed by atoms with E-state index < -0.39 is 0 Å². The number of nitrogens with two attached hydrogens (primary N) is 1. The first-order valence-corrected chi connectivity index (χ1v) is 5.10. The lowest BCUT2D eigenvalue weighted by atomic mass is 9.99. The first kappa shape index (κ1) is 8.50. The number of rotatable bonds is 1. The van der Waals surface area contributed by atoms with Gasteiger partial charge in [0.2, 0.25) is 5.91 Å². The molecule has 12 heavy (non-hydrogen) atoms. The van der Waals surface area contributed by atoms with Gasteiger partial charge < -0.3 is 11.1 Å². The molecule has 1 aliphatic carbocycles. The second kappa shape index (κ2) is 2.70. The molecule has 0 radical (unpaired) electrons. The van der Waals surface area contributed by atoms with Gasteiger partial charge in [0.05, 0.1) is 0 Å². The average Bonchev–Trinajstić information content (AvgIpc) is 2.41. The smallest absolute Gasteiger partial charge is 0.244 e. The minimum absolute atomic E-state index is 0.224. The Bertz CT molecular complexity index is 264. The van der Waals surface area contributed by atoms with Gasteiger partial charge in [-0.2, -0.15) is 0 Å². The number of alkyl halides is 1. The summed E-state index contributed by atoms with van der Waals surface area (Å²) in [6, 6.07) is 0. The summed E-state index contributed by atoms with van der Waals surface area (Å²) in [5.41, 5.74) is 6.04. The molecule has 2 aliphatic rings. The summed E-state index contributed by atoms with van der Waals surface area (Å²) in [6.07, 6.45) is 2.87. The lowest BCUT2D eigenvalue weighted by Gasteiger charge is -2.19. The quantitative estimate of drug-likeness (QED) is 0.531. The van der Waals surface area contributed by atoms with Gasteiger partial charge in [-0.25, -0.2) is 0 Å². The van der Waals surface area contributed by atoms with Crippen molar-refractivity contribution in [2.45, 2.75) is 9.84 Å². The highest BCUT2D eigenvalue weighted by Gasteiger charge is 2.45. The third-order valence-corrected chi connectivity index (χ3v) is 4.21. The number of primary amides is 1. The fourth-order valence-electron chi connectivity index (χ4n) is 1.94. The first-order chi connectivity index (χ1) is 5.62. The molecular weight excluding hydrogens is 267 g/mol. The zero-order chi connectivity index (χ0) is 8.77. The molecule has 2 rings (SSSR count). The standard InChI is InChI=1S/C8H11IN2O/c9-8-2-5(7(10)12)1-6(8)3-11-4-8/h1,6,11H,2-4H2,(H2,10,12). The Morgan fingerprint density at radius 1 is 1.83 bits per heavy atom. The SMILES string of the molecule is NC(=O)C1=CC2CNCC2(I)C1. The molecule has 3 nitrogen and oxygen atoms in total. The van der Waals surface area contributed by atoms with E-state index in [0.29, 0.717) is 5.92 Å². The molecule has 1 fully saturated rings. The summed E-state index contributed by atoms with van der Waals surface area (Å²) in [5, 5.41) is 3.32. The fraction of sp³-hybridized carbons (Fsp3) is 0.625. The van der Waals surface area contributed by atoms with Crippen LogP contribution in [-0.2, 0) is 4.79 Å². The van der Waals surface area contributed by atoms with Gasteiger partial charge in [-0.3, -0.25) is 4.79 Å². The van der Waals surface area contributed by atoms with Gasteiger partial charge in [0.25, 0.3) is 0 Å². The van der Waals surface area contributed by atoms with Crippen molar-refractivity contribution < 1.29 is 4.79 Å². The van der Waals surface area contributed by atoms with Crippen molar-refractivity contribution in [2.75, 3.05) is 13.1 Å². The van der Waals surface area contributed by atoms with Crippen LogP contribution < -0.4 is 11.1 Å². The normalized spacial score (nSPS) is 39.4. The number of carbonyl (C=O) groups is 1. The zero-order valence-corrected chi connectivity index (χ0v) is 8.80. The van der Waals surface area contributed by atoms with Gasteiger partial charge in [-0.05, 0) is 6.42 Å². The van der Waals surface area contributed by atoms with E-state index in [4.69, 9.17) is 5.73 Å². The molecule has 0 aromatic carbocycles. The number of hydrogen-bond acceptors (Lipinski definition) is 2. The van der Waals surface area contributed by atoms with E-state index in [-0.39, 0.29) is 9.33 Å². The molecule has 2 atom stereocenters. The maximum Gasteiger partial charge on any atom is 0.244 e. The summed E-state index contributed by atoms with van der Waals surface area (Å²) in [5.74, 6) is 0.251. The molecule has 1 heterocycles. The molecule has 66 valence electrons. The molecule has 4 heteroatoms. The predicted molar refractivity (Wildman–Crippen MR) is 55.0 cm³/mol. The third kappa shape index (κ3) is 1.17. The number of hydrogen-bond donors (Lipinski definition) is 2. The van der Waals surface area contributed by atoms with E-state index >= 15 is 0 Å². The van der Waals surface area contributed by atoms with Crippen LogP contribution in [0.1, 0.15) is 6.42 Å². The highest BCUT2D eigenvalue weighted by molar-refractivity contribution is 14.1. The van der Waals surface area contributed by atoms with Crippen LogP contribution in [0, 0.1) is 5.92 Å². The van der Waals surface area contributed by atoms with Gasteiger partial charge in [0.1, 0.15) is 0 Å². The minimum Gasteiger partial charge on any atom is -0.366 e. The van der Waals surface area contributed by atoms with E-state index in [1.54, 1.807) is 0 Å². The maximum absolute atomic E-state index is 10.9. The van der Waals surface area contributed by atoms with E-state index in [9.17, 15) is 4.79 Å². The molecule has 0 aromatic rings. The third-order valence-electron chi connectivity index (χ3n) is 2.65. The lowest BCUT2D eigenvalue weighted by molar-refractivity contribution is -0.114. The van der Waals surface area contributed by atoms with Gasteiger partial charge >= 0.3 is 0 Å². The fourth-order valence-corrected chi connectivity index (χ4v) is 3.02. The first-order valence-electron chi connectivity index (χ1n) is 4.02. The average molecular weight is 278 g/mol. The Labute approximate surface area is 84.9 Å². The molecule has 2 unspecified atom stereocenters. The second-order valence-electron chi connectivity index (χ2n) is 3.50. The summed E-state index contributed by atoms with van der Waals surface area (Å²) in [6.45, 7) is 1.98. The largest absolute Gasteiger partial charge is 0.366 e. The van der Waals surface area contributed by atoms with Crippen molar-refractivity contribution in [3.8, 4) is 0 Å². The Kier molecular flexibility index (Phi) is 1.91. The van der Waals surface area contributed by atoms with Crippen LogP contribution in [0.5, 0.6) is 0 Å². The van der Waals surface area contributed by atoms with Gasteiger partial charge in [0, 0.05) is 28.0 Å². The Balaban J connectivity index is 2.22. The summed E-state index contributed by atoms with van der Waals surface area (Å²) in [4.78, 5) is 10.9. The summed E-state index contributed by atoms with van der Waals surface area (Å²) < 4.78 is 0.224. The molecule has 1 aliphatic heterocycles. The van der Waals surface area contributed by atoms with Gasteiger partial charge in [-0.1, -0.05) is 28.7 Å². The van der Waals surface area contributed by atoms with Crippen LogP contribution in [0.4, 0.5) is 0 Å². The molecular formula is C8H11IN2O. The Morgan fingerprint density at radius 2 is 2.58 bits per heavy atom. The molecule has 0 spiro atoms. The van der Waals surface area contributed by atoms with Crippen molar-refractivity contribution in [1.29, 1.82) is 0 Å². The van der Waals surface area contributed by atoms with Crippen LogP contribution in [0.15, 0.2) is 11.6 Å². The highest BCUT2D eigenvalue weighted by Crippen LogP contribution is 2.44. The number of amides is 1. The molecule has 1 amide bonds. The number of nitrogens with one attached hydrogen (secondary N) is 1. The Morgan fingerprint density at radius 3 is 3.17 bits per heavy atom. The number of halogens is 1. The lowest BCUT2D eigenvalue weighted by Crippen LogP contribution is -2.27. The topological polar surface area (TPSA) is 55.1 Å². The van der Waals surface area contributed by atoms with Crippen LogP contribution >= 0.6 is 22.6 Å².